The first kappa shape index (κ1) is 26.1. The quantitative estimate of drug-likeness (QED) is 0.272. The molecular formula is C20H16Cl2I3N2O5-. The molecule has 172 valence electrons. The number of fused-ring (bicyclic) bond motifs is 4. The largest absolute Gasteiger partial charge is 0.480 e. The maximum absolute atomic E-state index is 11.7. The first-order chi connectivity index (χ1) is 15.3. The van der Waals surface area contributed by atoms with Gasteiger partial charge in [-0.2, -0.15) is 0 Å². The van der Waals surface area contributed by atoms with Gasteiger partial charge in [0.05, 0.1) is 6.04 Å². The first-order valence-electron chi connectivity index (χ1n) is 9.05. The van der Waals surface area contributed by atoms with Crippen LogP contribution in [0.4, 0.5) is 4.79 Å². The number of nitrogens with one attached hydrogen (secondary N) is 2. The number of carboxylic acid groups (broad SMARTS) is 1. The number of aromatic amines is 1. The molecule has 0 fully saturated rings. The summed E-state index contributed by atoms with van der Waals surface area (Å²) >= 11 is 14.1. The first-order valence-corrected chi connectivity index (χ1v) is 22.4. The average molecular weight is 816 g/mol. The Bertz CT molecular complexity index is 1120. The summed E-state index contributed by atoms with van der Waals surface area (Å²) in [4.78, 5) is 24.1. The van der Waals surface area contributed by atoms with Crippen molar-refractivity contribution in [1.82, 2.24) is 10.3 Å². The van der Waals surface area contributed by atoms with Gasteiger partial charge in [0.25, 0.3) is 0 Å². The molecule has 2 aromatic carbocycles. The number of rotatable bonds is 2. The van der Waals surface area contributed by atoms with Crippen LogP contribution in [0, 0.1) is 0 Å². The second-order valence-electron chi connectivity index (χ2n) is 6.65. The zero-order valence-corrected chi connectivity index (χ0v) is 24.1. The van der Waals surface area contributed by atoms with Gasteiger partial charge in [-0.25, -0.2) is 0 Å². The molecule has 12 heteroatoms. The van der Waals surface area contributed by atoms with Gasteiger partial charge in [0, 0.05) is 23.0 Å². The number of carbonyl (C=O) groups excluding carboxylic acids is 1. The Kier molecular flexibility index (Phi) is 9.97. The summed E-state index contributed by atoms with van der Waals surface area (Å²) in [7, 11) is 0. The van der Waals surface area contributed by atoms with Gasteiger partial charge < -0.3 is 19.6 Å². The van der Waals surface area contributed by atoms with Gasteiger partial charge in [0.2, 0.25) is 6.79 Å². The second-order valence-corrected chi connectivity index (χ2v) is 23.8. The van der Waals surface area contributed by atoms with Gasteiger partial charge in [0.1, 0.15) is 6.04 Å². The fourth-order valence-corrected chi connectivity index (χ4v) is 3.75. The molecule has 5 rings (SSSR count). The topological polar surface area (TPSA) is 101 Å². The van der Waals surface area contributed by atoms with Crippen LogP contribution < -0.4 is 28.0 Å². The minimum absolute atomic E-state index is 0.215. The van der Waals surface area contributed by atoms with Crippen molar-refractivity contribution in [1.29, 1.82) is 0 Å². The van der Waals surface area contributed by atoms with E-state index >= 15 is 0 Å². The standard InChI is InChI=1S/C19H16N2O4.CCl2O.I3/c22-19(23)14-8-12-11-3-1-2-4-13(11)20-18(12)17(21-14)10-5-6-15-16(7-10)25-9-24-15;2-1(3)4;1-3-2/h1-7,14,17,20-21H,8-9H2,(H,22,23);;/q;;-1/t14-,17-;;/m1../s1. The molecule has 3 N–H and O–H groups in total. The minimum Gasteiger partial charge on any atom is -0.480 e. The van der Waals surface area contributed by atoms with E-state index < -0.39 is 16.7 Å². The van der Waals surface area contributed by atoms with Crippen LogP contribution in [0.15, 0.2) is 42.5 Å². The summed E-state index contributed by atoms with van der Waals surface area (Å²) in [5.74, 6) is 0.558. The van der Waals surface area contributed by atoms with Crippen molar-refractivity contribution in [3.8, 4) is 11.5 Å². The predicted molar refractivity (Wildman–Crippen MR) is 136 cm³/mol. The van der Waals surface area contributed by atoms with Crippen LogP contribution in [0.25, 0.3) is 10.9 Å². The van der Waals surface area contributed by atoms with Crippen LogP contribution in [-0.4, -0.2) is 33.6 Å². The van der Waals surface area contributed by atoms with E-state index in [4.69, 9.17) is 14.3 Å². The molecule has 32 heavy (non-hydrogen) atoms. The number of H-pyrrole nitrogens is 1. The van der Waals surface area contributed by atoms with E-state index in [0.717, 1.165) is 27.7 Å². The summed E-state index contributed by atoms with van der Waals surface area (Å²) in [6, 6.07) is 12.8. The second kappa shape index (κ2) is 12.2. The molecule has 0 bridgehead atoms. The zero-order valence-electron chi connectivity index (χ0n) is 16.1. The number of hydrogen-bond donors (Lipinski definition) is 3. The van der Waals surface area contributed by atoms with Gasteiger partial charge >= 0.3 is 61.2 Å². The summed E-state index contributed by atoms with van der Waals surface area (Å²) in [5.41, 5.74) is 4.04. The minimum atomic E-state index is -0.889. The number of ether oxygens (including phenoxy) is 2. The van der Waals surface area contributed by atoms with Gasteiger partial charge in [-0.05, 0) is 52.5 Å². The fourth-order valence-electron chi connectivity index (χ4n) is 3.75. The van der Waals surface area contributed by atoms with E-state index in [1.54, 1.807) is 0 Å². The average Bonchev–Trinajstić information content (AvgIpc) is 3.37. The number of aromatic nitrogens is 1. The molecule has 0 aliphatic carbocycles. The van der Waals surface area contributed by atoms with E-state index in [-0.39, 0.29) is 12.8 Å². The van der Waals surface area contributed by atoms with Crippen LogP contribution in [-0.2, 0) is 11.2 Å². The van der Waals surface area contributed by atoms with Gasteiger partial charge in [0.15, 0.2) is 11.5 Å². The monoisotopic (exact) mass is 815 g/mol. The smallest absolute Gasteiger partial charge is 0.321 e. The summed E-state index contributed by atoms with van der Waals surface area (Å²) in [6.07, 6.45) is 0.454. The number of carbonyl (C=O) groups is 2. The summed E-state index contributed by atoms with van der Waals surface area (Å²) in [6.45, 7) is 0.215. The van der Waals surface area contributed by atoms with Crippen molar-refractivity contribution < 1.29 is 37.4 Å². The van der Waals surface area contributed by atoms with E-state index in [1.807, 2.05) is 42.5 Å². The molecule has 2 aliphatic rings. The maximum atomic E-state index is 11.7. The number of hydrogen-bond acceptors (Lipinski definition) is 5. The number of aliphatic carboxylic acids is 1. The Morgan fingerprint density at radius 3 is 2.44 bits per heavy atom. The van der Waals surface area contributed by atoms with Gasteiger partial charge in [-0.3, -0.25) is 14.9 Å². The predicted octanol–water partition coefficient (Wildman–Crippen LogP) is 2.94. The number of halogens is 5. The van der Waals surface area contributed by atoms with E-state index in [9.17, 15) is 9.90 Å². The van der Waals surface area contributed by atoms with Crippen molar-refractivity contribution in [3.05, 3.63) is 59.3 Å². The number of benzene rings is 2. The Labute approximate surface area is 223 Å². The summed E-state index contributed by atoms with van der Waals surface area (Å²) < 4.78 is 9.96. The Balaban J connectivity index is 0.000000367. The molecule has 7 nitrogen and oxygen atoms in total. The van der Waals surface area contributed by atoms with E-state index in [2.05, 4.69) is 70.7 Å². The van der Waals surface area contributed by atoms with Crippen molar-refractivity contribution in [2.75, 3.05) is 6.79 Å². The molecule has 0 saturated heterocycles. The molecule has 1 aromatic heterocycles. The van der Waals surface area contributed by atoms with Gasteiger partial charge in [-0.15, -0.1) is 0 Å². The molecule has 0 radical (unpaired) electrons. The molecule has 2 aliphatic heterocycles. The normalized spacial score (nSPS) is 18.1. The third kappa shape index (κ3) is 6.31. The van der Waals surface area contributed by atoms with Crippen LogP contribution in [0.1, 0.15) is 22.9 Å². The molecule has 0 saturated carbocycles. The van der Waals surface area contributed by atoms with E-state index in [0.29, 0.717) is 31.2 Å². The van der Waals surface area contributed by atoms with Crippen LogP contribution in [0.2, 0.25) is 0 Å². The van der Waals surface area contributed by atoms with Gasteiger partial charge in [-0.1, -0.05) is 24.3 Å². The van der Waals surface area contributed by atoms with Crippen molar-refractivity contribution in [2.24, 2.45) is 0 Å². The maximum Gasteiger partial charge on any atom is 0.321 e. The Morgan fingerprint density at radius 2 is 1.75 bits per heavy atom. The molecule has 3 aromatic rings. The van der Waals surface area contributed by atoms with Crippen LogP contribution in [0.3, 0.4) is 0 Å². The number of carboxylic acids is 1. The fraction of sp³-hybridized carbons (Fsp3) is 0.200. The molecule has 0 spiro atoms. The van der Waals surface area contributed by atoms with Crippen LogP contribution >= 0.6 is 60.4 Å². The molecule has 2 atom stereocenters. The van der Waals surface area contributed by atoms with Crippen molar-refractivity contribution in [3.63, 3.8) is 0 Å². The molecule has 0 amide bonds. The Morgan fingerprint density at radius 1 is 1.09 bits per heavy atom. The van der Waals surface area contributed by atoms with Crippen molar-refractivity contribution >= 4 is 82.0 Å². The third-order valence-corrected chi connectivity index (χ3v) is 4.94. The third-order valence-electron chi connectivity index (χ3n) is 4.94. The summed E-state index contributed by atoms with van der Waals surface area (Å²) in [5, 5.41) is 13.9. The Hall–Kier alpha value is -0.550. The zero-order chi connectivity index (χ0) is 23.3. The van der Waals surface area contributed by atoms with Crippen LogP contribution in [0.5, 0.6) is 11.5 Å². The van der Waals surface area contributed by atoms with E-state index in [1.165, 1.54) is 0 Å². The molecular weight excluding hydrogens is 800 g/mol. The number of para-hydroxylation sites is 1. The molecule has 3 heterocycles. The SMILES string of the molecule is I[I-]I.O=C(Cl)Cl.O=C(O)[C@H]1Cc2c([nH]c3ccccc23)[C@@H](c2ccc3c(c2)OCO3)N1. The molecule has 0 unspecified atom stereocenters. The van der Waals surface area contributed by atoms with Crippen molar-refractivity contribution in [2.45, 2.75) is 18.5 Å².